The molecule has 1 amide bonds. The van der Waals surface area contributed by atoms with E-state index in [2.05, 4.69) is 5.32 Å². The molecule has 0 bridgehead atoms. The first-order valence-corrected chi connectivity index (χ1v) is 7.35. The van der Waals surface area contributed by atoms with Gasteiger partial charge >= 0.3 is 0 Å². The van der Waals surface area contributed by atoms with E-state index in [-0.39, 0.29) is 11.6 Å². The third-order valence-electron chi connectivity index (χ3n) is 3.51. The number of amides is 1. The van der Waals surface area contributed by atoms with Crippen molar-refractivity contribution in [2.24, 2.45) is 5.41 Å². The summed E-state index contributed by atoms with van der Waals surface area (Å²) in [6, 6.07) is 12.1. The van der Waals surface area contributed by atoms with Crippen molar-refractivity contribution in [3.05, 3.63) is 58.1 Å². The summed E-state index contributed by atoms with van der Waals surface area (Å²) in [7, 11) is 0. The Bertz CT molecular complexity index is 744. The Morgan fingerprint density at radius 1 is 1.09 bits per heavy atom. The van der Waals surface area contributed by atoms with E-state index in [0.29, 0.717) is 11.3 Å². The molecule has 2 aromatic carbocycles. The van der Waals surface area contributed by atoms with Crippen LogP contribution in [-0.4, -0.2) is 10.8 Å². The van der Waals surface area contributed by atoms with Crippen LogP contribution in [0.5, 0.6) is 0 Å². The molecule has 0 aliphatic heterocycles. The Morgan fingerprint density at radius 2 is 1.70 bits per heavy atom. The molecule has 0 heterocycles. The smallest absolute Gasteiger partial charge is 0.270 e. The van der Waals surface area contributed by atoms with Crippen LogP contribution in [0.3, 0.4) is 0 Å². The fourth-order valence-corrected chi connectivity index (χ4v) is 2.04. The Kier molecular flexibility index (Phi) is 4.50. The quantitative estimate of drug-likeness (QED) is 0.667. The van der Waals surface area contributed by atoms with Gasteiger partial charge in [-0.25, -0.2) is 0 Å². The zero-order valence-electron chi connectivity index (χ0n) is 13.7. The second-order valence-corrected chi connectivity index (χ2v) is 6.56. The molecular weight excluding hydrogens is 292 g/mol. The van der Waals surface area contributed by atoms with E-state index in [4.69, 9.17) is 0 Å². The number of rotatable bonds is 3. The van der Waals surface area contributed by atoms with Gasteiger partial charge in [0, 0.05) is 28.8 Å². The predicted molar refractivity (Wildman–Crippen MR) is 91.4 cm³/mol. The average molecular weight is 312 g/mol. The molecule has 0 aromatic heterocycles. The summed E-state index contributed by atoms with van der Waals surface area (Å²) >= 11 is 0. The van der Waals surface area contributed by atoms with Crippen LogP contribution in [0.4, 0.5) is 11.4 Å². The zero-order valence-corrected chi connectivity index (χ0v) is 13.7. The fraction of sp³-hybridized carbons (Fsp3) is 0.278. The molecular formula is C18H20N2O3. The highest BCUT2D eigenvalue weighted by Gasteiger charge is 2.23. The molecule has 0 aliphatic carbocycles. The molecule has 0 unspecified atom stereocenters. The molecule has 0 fully saturated rings. The Labute approximate surface area is 135 Å². The highest BCUT2D eigenvalue weighted by Crippen LogP contribution is 2.33. The number of anilines is 1. The standard InChI is InChI=1S/C18H20N2O3/c1-12-5-7-13(8-6-12)15-11-14(20(22)23)9-10-16(15)19-17(21)18(2,3)4/h5-11H,1-4H3,(H,19,21). The fourth-order valence-electron chi connectivity index (χ4n) is 2.04. The summed E-state index contributed by atoms with van der Waals surface area (Å²) in [6.07, 6.45) is 0. The van der Waals surface area contributed by atoms with Gasteiger partial charge in [-0.1, -0.05) is 50.6 Å². The number of nitrogens with one attached hydrogen (secondary N) is 1. The third-order valence-corrected chi connectivity index (χ3v) is 3.51. The molecule has 0 aliphatic rings. The second kappa shape index (κ2) is 6.20. The van der Waals surface area contributed by atoms with E-state index in [1.807, 2.05) is 52.0 Å². The lowest BCUT2D eigenvalue weighted by Crippen LogP contribution is -2.27. The maximum atomic E-state index is 12.2. The van der Waals surface area contributed by atoms with Crippen molar-refractivity contribution in [1.29, 1.82) is 0 Å². The maximum Gasteiger partial charge on any atom is 0.270 e. The van der Waals surface area contributed by atoms with Gasteiger partial charge in [0.1, 0.15) is 0 Å². The average Bonchev–Trinajstić information content (AvgIpc) is 2.47. The van der Waals surface area contributed by atoms with E-state index in [0.717, 1.165) is 11.1 Å². The third kappa shape index (κ3) is 3.94. The van der Waals surface area contributed by atoms with Crippen molar-refractivity contribution in [3.8, 4) is 11.1 Å². The summed E-state index contributed by atoms with van der Waals surface area (Å²) in [5.74, 6) is -0.139. The van der Waals surface area contributed by atoms with Gasteiger partial charge in [-0.15, -0.1) is 0 Å². The summed E-state index contributed by atoms with van der Waals surface area (Å²) in [4.78, 5) is 22.9. The van der Waals surface area contributed by atoms with Crippen molar-refractivity contribution in [1.82, 2.24) is 0 Å². The van der Waals surface area contributed by atoms with Crippen molar-refractivity contribution in [3.63, 3.8) is 0 Å². The van der Waals surface area contributed by atoms with E-state index < -0.39 is 10.3 Å². The van der Waals surface area contributed by atoms with Crippen LogP contribution in [0.25, 0.3) is 11.1 Å². The van der Waals surface area contributed by atoms with Gasteiger partial charge in [0.15, 0.2) is 0 Å². The molecule has 5 heteroatoms. The Morgan fingerprint density at radius 3 is 2.22 bits per heavy atom. The molecule has 120 valence electrons. The Hall–Kier alpha value is -2.69. The number of nitrogens with zero attached hydrogens (tertiary/aromatic N) is 1. The molecule has 0 saturated heterocycles. The number of carbonyl (C=O) groups is 1. The highest BCUT2D eigenvalue weighted by molar-refractivity contribution is 5.98. The summed E-state index contributed by atoms with van der Waals surface area (Å²) < 4.78 is 0. The topological polar surface area (TPSA) is 72.2 Å². The molecule has 2 aromatic rings. The van der Waals surface area contributed by atoms with Crippen LogP contribution in [0.15, 0.2) is 42.5 Å². The predicted octanol–water partition coefficient (Wildman–Crippen LogP) is 4.55. The first-order valence-electron chi connectivity index (χ1n) is 7.35. The minimum absolute atomic E-state index is 0.00525. The van der Waals surface area contributed by atoms with E-state index in [9.17, 15) is 14.9 Å². The van der Waals surface area contributed by atoms with Crippen LogP contribution < -0.4 is 5.32 Å². The monoisotopic (exact) mass is 312 g/mol. The second-order valence-electron chi connectivity index (χ2n) is 6.56. The van der Waals surface area contributed by atoms with Crippen molar-refractivity contribution >= 4 is 17.3 Å². The SMILES string of the molecule is Cc1ccc(-c2cc([N+](=O)[O-])ccc2NC(=O)C(C)(C)C)cc1. The van der Waals surface area contributed by atoms with E-state index in [1.165, 1.54) is 12.1 Å². The lowest BCUT2D eigenvalue weighted by Gasteiger charge is -2.19. The largest absolute Gasteiger partial charge is 0.325 e. The summed E-state index contributed by atoms with van der Waals surface area (Å²) in [5.41, 5.74) is 2.57. The molecule has 0 atom stereocenters. The number of nitro groups is 1. The Balaban J connectivity index is 2.51. The number of benzene rings is 2. The van der Waals surface area contributed by atoms with Gasteiger partial charge in [0.25, 0.3) is 5.69 Å². The minimum atomic E-state index is -0.549. The first-order chi connectivity index (χ1) is 10.7. The lowest BCUT2D eigenvalue weighted by atomic mass is 9.94. The summed E-state index contributed by atoms with van der Waals surface area (Å²) in [5, 5.41) is 13.9. The van der Waals surface area contributed by atoms with Gasteiger partial charge in [0.2, 0.25) is 5.91 Å². The normalized spacial score (nSPS) is 11.1. The molecule has 2 rings (SSSR count). The number of hydrogen-bond donors (Lipinski definition) is 1. The van der Waals surface area contributed by atoms with Crippen molar-refractivity contribution in [2.45, 2.75) is 27.7 Å². The van der Waals surface area contributed by atoms with Crippen molar-refractivity contribution in [2.75, 3.05) is 5.32 Å². The van der Waals surface area contributed by atoms with Gasteiger partial charge in [-0.2, -0.15) is 0 Å². The molecule has 0 radical (unpaired) electrons. The first kappa shape index (κ1) is 16.7. The minimum Gasteiger partial charge on any atom is -0.325 e. The van der Waals surface area contributed by atoms with Gasteiger partial charge in [-0.3, -0.25) is 14.9 Å². The maximum absolute atomic E-state index is 12.2. The number of aryl methyl sites for hydroxylation is 1. The van der Waals surface area contributed by atoms with E-state index in [1.54, 1.807) is 6.07 Å². The van der Waals surface area contributed by atoms with Crippen LogP contribution in [0.1, 0.15) is 26.3 Å². The van der Waals surface area contributed by atoms with Gasteiger partial charge < -0.3 is 5.32 Å². The molecule has 1 N–H and O–H groups in total. The van der Waals surface area contributed by atoms with Crippen LogP contribution in [0.2, 0.25) is 0 Å². The van der Waals surface area contributed by atoms with Crippen LogP contribution in [0, 0.1) is 22.5 Å². The zero-order chi connectivity index (χ0) is 17.2. The van der Waals surface area contributed by atoms with Crippen LogP contribution in [-0.2, 0) is 4.79 Å². The lowest BCUT2D eigenvalue weighted by molar-refractivity contribution is -0.384. The van der Waals surface area contributed by atoms with Gasteiger partial charge in [0.05, 0.1) is 4.92 Å². The number of hydrogen-bond acceptors (Lipinski definition) is 3. The van der Waals surface area contributed by atoms with E-state index >= 15 is 0 Å². The van der Waals surface area contributed by atoms with Crippen LogP contribution >= 0.6 is 0 Å². The highest BCUT2D eigenvalue weighted by atomic mass is 16.6. The molecule has 5 nitrogen and oxygen atoms in total. The molecule has 23 heavy (non-hydrogen) atoms. The van der Waals surface area contributed by atoms with Gasteiger partial charge in [-0.05, 0) is 18.6 Å². The molecule has 0 spiro atoms. The number of non-ortho nitro benzene ring substituents is 1. The van der Waals surface area contributed by atoms with Crippen molar-refractivity contribution < 1.29 is 9.72 Å². The summed E-state index contributed by atoms with van der Waals surface area (Å²) in [6.45, 7) is 7.43. The number of nitro benzene ring substituents is 1. The molecule has 0 saturated carbocycles. The number of carbonyl (C=O) groups excluding carboxylic acids is 1.